The molecule has 1 aromatic rings. The maximum absolute atomic E-state index is 9.22. The molecule has 0 heterocycles. The molecule has 0 atom stereocenters. The first-order chi connectivity index (χ1) is 9.08. The van der Waals surface area contributed by atoms with Crippen LogP contribution < -0.4 is 10.2 Å². The van der Waals surface area contributed by atoms with Gasteiger partial charge in [0, 0.05) is 12.1 Å². The van der Waals surface area contributed by atoms with Crippen LogP contribution >= 0.6 is 0 Å². The van der Waals surface area contributed by atoms with E-state index in [1.54, 1.807) is 25.3 Å². The lowest BCUT2D eigenvalue weighted by Crippen LogP contribution is -2.30. The molecule has 0 radical (unpaired) electrons. The number of benzene rings is 1. The van der Waals surface area contributed by atoms with Gasteiger partial charge in [-0.2, -0.15) is 0 Å². The molecule has 2 N–H and O–H groups in total. The van der Waals surface area contributed by atoms with Crippen molar-refractivity contribution in [2.45, 2.75) is 32.7 Å². The third kappa shape index (κ3) is 5.23. The number of methoxy groups -OCH3 is 1. The van der Waals surface area contributed by atoms with Crippen LogP contribution in [0.1, 0.15) is 31.7 Å². The van der Waals surface area contributed by atoms with E-state index in [9.17, 15) is 10.0 Å². The van der Waals surface area contributed by atoms with Crippen molar-refractivity contribution in [1.82, 2.24) is 4.90 Å². The van der Waals surface area contributed by atoms with E-state index < -0.39 is 7.12 Å². The fourth-order valence-corrected chi connectivity index (χ4v) is 2.08. The summed E-state index contributed by atoms with van der Waals surface area (Å²) in [5, 5.41) is 18.4. The van der Waals surface area contributed by atoms with Gasteiger partial charge in [0.05, 0.1) is 7.11 Å². The summed E-state index contributed by atoms with van der Waals surface area (Å²) < 4.78 is 5.32. The molecule has 106 valence electrons. The minimum Gasteiger partial charge on any atom is -0.496 e. The van der Waals surface area contributed by atoms with E-state index in [0.717, 1.165) is 24.4 Å². The second-order valence-electron chi connectivity index (χ2n) is 4.89. The quantitative estimate of drug-likeness (QED) is 0.544. The van der Waals surface area contributed by atoms with Crippen molar-refractivity contribution in [3.8, 4) is 5.75 Å². The van der Waals surface area contributed by atoms with E-state index in [-0.39, 0.29) is 0 Å². The van der Waals surface area contributed by atoms with Gasteiger partial charge in [-0.1, -0.05) is 31.9 Å². The topological polar surface area (TPSA) is 52.9 Å². The van der Waals surface area contributed by atoms with Gasteiger partial charge in [0.1, 0.15) is 5.75 Å². The Morgan fingerprint density at radius 1 is 1.26 bits per heavy atom. The average Bonchev–Trinajstić information content (AvgIpc) is 2.38. The van der Waals surface area contributed by atoms with Crippen molar-refractivity contribution in [2.24, 2.45) is 0 Å². The highest BCUT2D eigenvalue weighted by Gasteiger charge is 2.14. The summed E-state index contributed by atoms with van der Waals surface area (Å²) in [6, 6.07) is 5.24. The molecule has 5 heteroatoms. The molecule has 0 saturated carbocycles. The SMILES string of the molecule is CCCCCN(C)Cc1cc(B(O)O)ccc1OC. The molecule has 0 bridgehead atoms. The normalized spacial score (nSPS) is 10.8. The molecule has 0 spiro atoms. The van der Waals surface area contributed by atoms with Crippen LogP contribution in [0, 0.1) is 0 Å². The van der Waals surface area contributed by atoms with Crippen LogP contribution in [0.2, 0.25) is 0 Å². The number of hydrogen-bond acceptors (Lipinski definition) is 4. The molecule has 0 aliphatic carbocycles. The van der Waals surface area contributed by atoms with Gasteiger partial charge < -0.3 is 19.7 Å². The lowest BCUT2D eigenvalue weighted by molar-refractivity contribution is 0.310. The highest BCUT2D eigenvalue weighted by atomic mass is 16.5. The van der Waals surface area contributed by atoms with Crippen LogP contribution in [-0.4, -0.2) is 42.8 Å². The van der Waals surface area contributed by atoms with Crippen molar-refractivity contribution in [1.29, 1.82) is 0 Å². The number of ether oxygens (including phenoxy) is 1. The zero-order valence-corrected chi connectivity index (χ0v) is 12.1. The van der Waals surface area contributed by atoms with Crippen LogP contribution in [0.3, 0.4) is 0 Å². The van der Waals surface area contributed by atoms with Crippen molar-refractivity contribution >= 4 is 12.6 Å². The van der Waals surface area contributed by atoms with E-state index >= 15 is 0 Å². The predicted octanol–water partition coefficient (Wildman–Crippen LogP) is 0.997. The van der Waals surface area contributed by atoms with Gasteiger partial charge >= 0.3 is 7.12 Å². The Morgan fingerprint density at radius 3 is 2.58 bits per heavy atom. The standard InChI is InChI=1S/C14H24BNO3/c1-4-5-6-9-16(2)11-12-10-13(15(17)18)7-8-14(12)19-3/h7-8,10,17-18H,4-6,9,11H2,1-3H3. The lowest BCUT2D eigenvalue weighted by atomic mass is 9.79. The lowest BCUT2D eigenvalue weighted by Gasteiger charge is -2.19. The summed E-state index contributed by atoms with van der Waals surface area (Å²) in [6.07, 6.45) is 3.62. The zero-order valence-electron chi connectivity index (χ0n) is 12.1. The maximum Gasteiger partial charge on any atom is 0.488 e. The van der Waals surface area contributed by atoms with E-state index in [1.165, 1.54) is 19.3 Å². The fourth-order valence-electron chi connectivity index (χ4n) is 2.08. The minimum absolute atomic E-state index is 0.498. The van der Waals surface area contributed by atoms with Gasteiger partial charge in [0.15, 0.2) is 0 Å². The smallest absolute Gasteiger partial charge is 0.488 e. The van der Waals surface area contributed by atoms with Crippen molar-refractivity contribution in [2.75, 3.05) is 20.7 Å². The Balaban J connectivity index is 2.71. The van der Waals surface area contributed by atoms with E-state index in [4.69, 9.17) is 4.74 Å². The number of nitrogens with zero attached hydrogens (tertiary/aromatic N) is 1. The summed E-state index contributed by atoms with van der Waals surface area (Å²) in [7, 11) is 2.26. The van der Waals surface area contributed by atoms with Gasteiger partial charge in [-0.3, -0.25) is 0 Å². The molecule has 4 nitrogen and oxygen atoms in total. The number of unbranched alkanes of at least 4 members (excludes halogenated alkanes) is 2. The van der Waals surface area contributed by atoms with E-state index in [0.29, 0.717) is 5.46 Å². The second-order valence-corrected chi connectivity index (χ2v) is 4.89. The van der Waals surface area contributed by atoms with Gasteiger partial charge in [-0.15, -0.1) is 0 Å². The third-order valence-electron chi connectivity index (χ3n) is 3.19. The van der Waals surface area contributed by atoms with Gasteiger partial charge in [0.2, 0.25) is 0 Å². The molecular weight excluding hydrogens is 241 g/mol. The molecular formula is C14H24BNO3. The molecule has 0 aliphatic rings. The molecule has 0 amide bonds. The molecule has 1 rings (SSSR count). The van der Waals surface area contributed by atoms with Crippen LogP contribution in [0.5, 0.6) is 5.75 Å². The molecule has 0 aliphatic heterocycles. The Bertz CT molecular complexity index is 385. The number of rotatable bonds is 8. The van der Waals surface area contributed by atoms with Crippen LogP contribution in [0.15, 0.2) is 18.2 Å². The van der Waals surface area contributed by atoms with Gasteiger partial charge in [0.25, 0.3) is 0 Å². The Morgan fingerprint density at radius 2 is 2.00 bits per heavy atom. The predicted molar refractivity (Wildman–Crippen MR) is 78.7 cm³/mol. The highest BCUT2D eigenvalue weighted by molar-refractivity contribution is 6.58. The highest BCUT2D eigenvalue weighted by Crippen LogP contribution is 2.18. The van der Waals surface area contributed by atoms with Crippen molar-refractivity contribution < 1.29 is 14.8 Å². The van der Waals surface area contributed by atoms with Crippen LogP contribution in [0.25, 0.3) is 0 Å². The van der Waals surface area contributed by atoms with E-state index in [1.807, 2.05) is 0 Å². The first-order valence-electron chi connectivity index (χ1n) is 6.80. The van der Waals surface area contributed by atoms with E-state index in [2.05, 4.69) is 18.9 Å². The third-order valence-corrected chi connectivity index (χ3v) is 3.19. The first kappa shape index (κ1) is 16.0. The average molecular weight is 265 g/mol. The van der Waals surface area contributed by atoms with Crippen molar-refractivity contribution in [3.63, 3.8) is 0 Å². The first-order valence-corrected chi connectivity index (χ1v) is 6.80. The summed E-state index contributed by atoms with van der Waals surface area (Å²) >= 11 is 0. The minimum atomic E-state index is -1.44. The molecule has 0 fully saturated rings. The molecule has 0 saturated heterocycles. The molecule has 0 unspecified atom stereocenters. The molecule has 0 aromatic heterocycles. The van der Waals surface area contributed by atoms with Crippen LogP contribution in [0.4, 0.5) is 0 Å². The summed E-state index contributed by atoms with van der Waals surface area (Å²) in [5.74, 6) is 0.784. The Kier molecular flexibility index (Phi) is 6.91. The number of hydrogen-bond donors (Lipinski definition) is 2. The largest absolute Gasteiger partial charge is 0.496 e. The fraction of sp³-hybridized carbons (Fsp3) is 0.571. The maximum atomic E-state index is 9.22. The summed E-state index contributed by atoms with van der Waals surface area (Å²) in [4.78, 5) is 2.22. The summed E-state index contributed by atoms with van der Waals surface area (Å²) in [5.41, 5.74) is 1.48. The Labute approximate surface area is 116 Å². The van der Waals surface area contributed by atoms with Crippen molar-refractivity contribution in [3.05, 3.63) is 23.8 Å². The van der Waals surface area contributed by atoms with Crippen LogP contribution in [-0.2, 0) is 6.54 Å². The second kappa shape index (κ2) is 8.20. The molecule has 1 aromatic carbocycles. The van der Waals surface area contributed by atoms with Gasteiger partial charge in [-0.25, -0.2) is 0 Å². The Hall–Kier alpha value is -1.04. The monoisotopic (exact) mass is 265 g/mol. The summed E-state index contributed by atoms with van der Waals surface area (Å²) in [6.45, 7) is 3.96. The zero-order chi connectivity index (χ0) is 14.3. The molecule has 19 heavy (non-hydrogen) atoms. The van der Waals surface area contributed by atoms with Gasteiger partial charge in [-0.05, 0) is 31.5 Å².